The second kappa shape index (κ2) is 5.79. The summed E-state index contributed by atoms with van der Waals surface area (Å²) in [6.45, 7) is 2.41. The van der Waals surface area contributed by atoms with Crippen molar-refractivity contribution in [3.8, 4) is 5.75 Å². The highest BCUT2D eigenvalue weighted by Crippen LogP contribution is 2.18. The molecule has 0 fully saturated rings. The van der Waals surface area contributed by atoms with Crippen LogP contribution >= 0.6 is 0 Å². The van der Waals surface area contributed by atoms with E-state index in [0.29, 0.717) is 18.0 Å². The molecule has 0 radical (unpaired) electrons. The van der Waals surface area contributed by atoms with Gasteiger partial charge in [-0.3, -0.25) is 9.52 Å². The van der Waals surface area contributed by atoms with E-state index >= 15 is 0 Å². The summed E-state index contributed by atoms with van der Waals surface area (Å²) in [5.74, 6) is 0.666. The Morgan fingerprint density at radius 3 is 2.40 bits per heavy atom. The predicted molar refractivity (Wildman–Crippen MR) is 75.5 cm³/mol. The molecule has 0 aliphatic heterocycles. The molecule has 1 aromatic heterocycles. The fourth-order valence-corrected chi connectivity index (χ4v) is 2.59. The lowest BCUT2D eigenvalue weighted by Crippen LogP contribution is -2.15. The molecule has 0 amide bonds. The lowest BCUT2D eigenvalue weighted by atomic mass is 10.3. The average Bonchev–Trinajstić information content (AvgIpc) is 2.41. The molecule has 6 nitrogen and oxygen atoms in total. The molecule has 2 N–H and O–H groups in total. The Morgan fingerprint density at radius 1 is 1.15 bits per heavy atom. The van der Waals surface area contributed by atoms with Crippen LogP contribution in [0.1, 0.15) is 6.92 Å². The van der Waals surface area contributed by atoms with Crippen LogP contribution < -0.4 is 15.0 Å². The maximum absolute atomic E-state index is 12.1. The molecule has 0 unspecified atom stereocenters. The van der Waals surface area contributed by atoms with Crippen molar-refractivity contribution in [2.24, 2.45) is 0 Å². The molecule has 0 atom stereocenters. The zero-order valence-corrected chi connectivity index (χ0v) is 11.6. The number of pyridine rings is 1. The molecule has 1 aromatic carbocycles. The van der Waals surface area contributed by atoms with E-state index in [-0.39, 0.29) is 10.5 Å². The van der Waals surface area contributed by atoms with Gasteiger partial charge in [-0.15, -0.1) is 0 Å². The second-order valence-corrected chi connectivity index (χ2v) is 5.63. The van der Waals surface area contributed by atoms with Gasteiger partial charge in [0.25, 0.3) is 10.0 Å². The minimum absolute atomic E-state index is 0.00835. The van der Waals surface area contributed by atoms with Crippen LogP contribution in [0.15, 0.2) is 52.3 Å². The van der Waals surface area contributed by atoms with Gasteiger partial charge >= 0.3 is 0 Å². The molecule has 0 aliphatic carbocycles. The number of nitrogens with one attached hydrogen (secondary N) is 2. The number of aromatic nitrogens is 1. The summed E-state index contributed by atoms with van der Waals surface area (Å²) in [4.78, 5) is 13.2. The largest absolute Gasteiger partial charge is 0.494 e. The van der Waals surface area contributed by atoms with Crippen molar-refractivity contribution in [1.82, 2.24) is 4.98 Å². The van der Waals surface area contributed by atoms with Crippen LogP contribution in [0.4, 0.5) is 5.69 Å². The van der Waals surface area contributed by atoms with E-state index in [1.54, 1.807) is 24.3 Å². The van der Waals surface area contributed by atoms with Crippen molar-refractivity contribution in [1.29, 1.82) is 0 Å². The van der Waals surface area contributed by atoms with Gasteiger partial charge in [0.1, 0.15) is 10.6 Å². The number of hydrogen-bond donors (Lipinski definition) is 2. The molecule has 2 rings (SSSR count). The summed E-state index contributed by atoms with van der Waals surface area (Å²) in [7, 11) is -3.72. The first-order chi connectivity index (χ1) is 9.51. The number of H-pyrrole nitrogens is 1. The third-order valence-corrected chi connectivity index (χ3v) is 3.86. The van der Waals surface area contributed by atoms with Gasteiger partial charge in [-0.25, -0.2) is 8.42 Å². The van der Waals surface area contributed by atoms with Gasteiger partial charge in [0.15, 0.2) is 0 Å². The van der Waals surface area contributed by atoms with Gasteiger partial charge in [-0.05, 0) is 37.3 Å². The van der Waals surface area contributed by atoms with Crippen LogP contribution in [0.5, 0.6) is 5.75 Å². The first kappa shape index (κ1) is 14.1. The van der Waals surface area contributed by atoms with Gasteiger partial charge in [-0.1, -0.05) is 0 Å². The second-order valence-electron chi connectivity index (χ2n) is 3.95. The summed E-state index contributed by atoms with van der Waals surface area (Å²) in [6.07, 6.45) is 1.15. The summed E-state index contributed by atoms with van der Waals surface area (Å²) >= 11 is 0. The number of sulfonamides is 1. The van der Waals surface area contributed by atoms with Crippen LogP contribution in [0.3, 0.4) is 0 Å². The highest BCUT2D eigenvalue weighted by Gasteiger charge is 2.14. The highest BCUT2D eigenvalue weighted by molar-refractivity contribution is 7.92. The van der Waals surface area contributed by atoms with E-state index in [2.05, 4.69) is 9.71 Å². The average molecular weight is 294 g/mol. The topological polar surface area (TPSA) is 88.3 Å². The van der Waals surface area contributed by atoms with E-state index in [9.17, 15) is 13.2 Å². The smallest absolute Gasteiger partial charge is 0.263 e. The number of benzene rings is 1. The fourth-order valence-electron chi connectivity index (χ4n) is 1.56. The SMILES string of the molecule is CCOc1ccc(NS(=O)(=O)c2ccc(=O)[nH]c2)cc1. The molecule has 106 valence electrons. The van der Waals surface area contributed by atoms with Gasteiger partial charge < -0.3 is 9.72 Å². The standard InChI is InChI=1S/C13H14N2O4S/c1-2-19-11-5-3-10(4-6-11)15-20(17,18)12-7-8-13(16)14-9-12/h3-9,15H,2H2,1H3,(H,14,16). The van der Waals surface area contributed by atoms with E-state index < -0.39 is 10.0 Å². The van der Waals surface area contributed by atoms with Crippen molar-refractivity contribution in [3.63, 3.8) is 0 Å². The van der Waals surface area contributed by atoms with Gasteiger partial charge in [0.05, 0.1) is 6.61 Å². The Kier molecular flexibility index (Phi) is 4.09. The highest BCUT2D eigenvalue weighted by atomic mass is 32.2. The Labute approximate surface area is 116 Å². The third kappa shape index (κ3) is 3.39. The molecule has 1 heterocycles. The van der Waals surface area contributed by atoms with E-state index in [0.717, 1.165) is 12.3 Å². The Morgan fingerprint density at radius 2 is 1.85 bits per heavy atom. The monoisotopic (exact) mass is 294 g/mol. The van der Waals surface area contributed by atoms with Crippen molar-refractivity contribution in [2.75, 3.05) is 11.3 Å². The zero-order chi connectivity index (χ0) is 14.6. The maximum Gasteiger partial charge on any atom is 0.263 e. The maximum atomic E-state index is 12.1. The van der Waals surface area contributed by atoms with Crippen molar-refractivity contribution >= 4 is 15.7 Å². The Bertz CT molecular complexity index is 715. The number of anilines is 1. The van der Waals surface area contributed by atoms with E-state index in [1.807, 2.05) is 6.92 Å². The minimum atomic E-state index is -3.72. The van der Waals surface area contributed by atoms with Crippen molar-refractivity contribution in [2.45, 2.75) is 11.8 Å². The zero-order valence-electron chi connectivity index (χ0n) is 10.8. The number of hydrogen-bond acceptors (Lipinski definition) is 4. The predicted octanol–water partition coefficient (Wildman–Crippen LogP) is 1.57. The summed E-state index contributed by atoms with van der Waals surface area (Å²) in [6, 6.07) is 8.97. The van der Waals surface area contributed by atoms with Gasteiger partial charge in [-0.2, -0.15) is 0 Å². The van der Waals surface area contributed by atoms with Crippen LogP contribution in [-0.2, 0) is 10.0 Å². The van der Waals surface area contributed by atoms with Crippen LogP contribution in [0, 0.1) is 0 Å². The molecular weight excluding hydrogens is 280 g/mol. The van der Waals surface area contributed by atoms with Gasteiger partial charge in [0, 0.05) is 18.0 Å². The molecule has 0 saturated carbocycles. The normalized spacial score (nSPS) is 11.1. The van der Waals surface area contributed by atoms with E-state index in [4.69, 9.17) is 4.74 Å². The van der Waals surface area contributed by atoms with Gasteiger partial charge in [0.2, 0.25) is 5.56 Å². The van der Waals surface area contributed by atoms with Crippen LogP contribution in [-0.4, -0.2) is 20.0 Å². The molecule has 20 heavy (non-hydrogen) atoms. The Hall–Kier alpha value is -2.28. The molecule has 0 saturated heterocycles. The summed E-state index contributed by atoms with van der Waals surface area (Å²) < 4.78 is 31.8. The number of rotatable bonds is 5. The number of ether oxygens (including phenoxy) is 1. The third-order valence-electron chi connectivity index (χ3n) is 2.48. The van der Waals surface area contributed by atoms with Crippen molar-refractivity contribution < 1.29 is 13.2 Å². The summed E-state index contributed by atoms with van der Waals surface area (Å²) in [5.41, 5.74) is 0.0599. The van der Waals surface area contributed by atoms with E-state index in [1.165, 1.54) is 6.07 Å². The van der Waals surface area contributed by atoms with Crippen molar-refractivity contribution in [3.05, 3.63) is 52.9 Å². The lowest BCUT2D eigenvalue weighted by molar-refractivity contribution is 0.340. The molecular formula is C13H14N2O4S. The minimum Gasteiger partial charge on any atom is -0.494 e. The first-order valence-electron chi connectivity index (χ1n) is 5.96. The molecule has 0 spiro atoms. The number of aromatic amines is 1. The molecule has 2 aromatic rings. The molecule has 0 bridgehead atoms. The first-order valence-corrected chi connectivity index (χ1v) is 7.44. The van der Waals surface area contributed by atoms with Crippen LogP contribution in [0.2, 0.25) is 0 Å². The Balaban J connectivity index is 2.19. The lowest BCUT2D eigenvalue weighted by Gasteiger charge is -2.08. The quantitative estimate of drug-likeness (QED) is 0.876. The van der Waals surface area contributed by atoms with Crippen LogP contribution in [0.25, 0.3) is 0 Å². The molecule has 7 heteroatoms. The molecule has 0 aliphatic rings. The summed E-state index contributed by atoms with van der Waals surface area (Å²) in [5, 5.41) is 0. The fraction of sp³-hybridized carbons (Fsp3) is 0.154.